The van der Waals surface area contributed by atoms with E-state index in [-0.39, 0.29) is 48.8 Å². The van der Waals surface area contributed by atoms with Gasteiger partial charge in [-0.1, -0.05) is 98.0 Å². The Kier molecular flexibility index (Phi) is 9.82. The molecule has 1 spiro atoms. The maximum atomic E-state index is 15.1. The highest BCUT2D eigenvalue weighted by Gasteiger charge is 2.66. The highest BCUT2D eigenvalue weighted by atomic mass is 28.3. The SMILES string of the molecule is COc1ccc([Si](C)(C)[C@@H]2[C@@H](CC(=O)N(CCO)Cc3ccccc3)O[C@]3(C(=O)N(Cc4cccc(N5CCC5=O)c4)c4ccccc43)[C@H]2C)cc1. The first kappa shape index (κ1) is 35.6. The van der Waals surface area contributed by atoms with Crippen molar-refractivity contribution in [3.05, 3.63) is 120 Å². The number of hydrogen-bond acceptors (Lipinski definition) is 6. The van der Waals surface area contributed by atoms with Crippen molar-refractivity contribution in [2.75, 3.05) is 36.6 Å². The third kappa shape index (κ3) is 6.22. The molecule has 0 bridgehead atoms. The number of rotatable bonds is 12. The molecule has 52 heavy (non-hydrogen) atoms. The van der Waals surface area contributed by atoms with Crippen LogP contribution in [0.3, 0.4) is 0 Å². The van der Waals surface area contributed by atoms with E-state index in [1.165, 1.54) is 5.19 Å². The van der Waals surface area contributed by atoms with Crippen LogP contribution in [0.4, 0.5) is 11.4 Å². The fourth-order valence-corrected chi connectivity index (χ4v) is 12.7. The molecule has 4 aromatic carbocycles. The second-order valence-electron chi connectivity index (χ2n) is 14.8. The van der Waals surface area contributed by atoms with E-state index >= 15 is 4.79 Å². The highest BCUT2D eigenvalue weighted by molar-refractivity contribution is 6.91. The summed E-state index contributed by atoms with van der Waals surface area (Å²) < 4.78 is 12.7. The number of aliphatic hydroxyl groups is 1. The maximum absolute atomic E-state index is 15.1. The summed E-state index contributed by atoms with van der Waals surface area (Å²) in [5.41, 5.74) is 2.93. The van der Waals surface area contributed by atoms with Crippen molar-refractivity contribution in [3.8, 4) is 5.75 Å². The maximum Gasteiger partial charge on any atom is 0.264 e. The van der Waals surface area contributed by atoms with E-state index < -0.39 is 19.8 Å². The summed E-state index contributed by atoms with van der Waals surface area (Å²) in [6.45, 7) is 8.15. The summed E-state index contributed by atoms with van der Waals surface area (Å²) in [6, 6.07) is 33.7. The molecule has 1 N–H and O–H groups in total. The lowest BCUT2D eigenvalue weighted by Crippen LogP contribution is -2.52. The Bertz CT molecular complexity index is 1950. The first-order valence-corrected chi connectivity index (χ1v) is 21.2. The summed E-state index contributed by atoms with van der Waals surface area (Å²) in [5.74, 6) is 0.347. The number of methoxy groups -OCH3 is 1. The van der Waals surface area contributed by atoms with Crippen molar-refractivity contribution in [2.24, 2.45) is 5.92 Å². The lowest BCUT2D eigenvalue weighted by Gasteiger charge is -2.37. The molecule has 2 fully saturated rings. The van der Waals surface area contributed by atoms with Crippen LogP contribution in [0, 0.1) is 5.92 Å². The monoisotopic (exact) mass is 717 g/mol. The van der Waals surface area contributed by atoms with Crippen molar-refractivity contribution in [1.29, 1.82) is 0 Å². The van der Waals surface area contributed by atoms with Gasteiger partial charge in [0.2, 0.25) is 11.8 Å². The molecule has 4 atom stereocenters. The van der Waals surface area contributed by atoms with Crippen molar-refractivity contribution >= 4 is 42.4 Å². The van der Waals surface area contributed by atoms with Gasteiger partial charge in [0.15, 0.2) is 5.60 Å². The van der Waals surface area contributed by atoms with Gasteiger partial charge in [0.05, 0.1) is 46.5 Å². The first-order valence-electron chi connectivity index (χ1n) is 18.1. The van der Waals surface area contributed by atoms with Crippen LogP contribution in [0.1, 0.15) is 36.5 Å². The van der Waals surface area contributed by atoms with E-state index in [4.69, 9.17) is 9.47 Å². The van der Waals surface area contributed by atoms with Crippen LogP contribution in [-0.2, 0) is 37.8 Å². The van der Waals surface area contributed by atoms with E-state index in [2.05, 4.69) is 32.2 Å². The molecule has 0 saturated carbocycles. The number of nitrogens with zero attached hydrogens (tertiary/aromatic N) is 3. The minimum absolute atomic E-state index is 0.0809. The lowest BCUT2D eigenvalue weighted by molar-refractivity contribution is -0.150. The fourth-order valence-electron chi connectivity index (χ4n) is 8.74. The van der Waals surface area contributed by atoms with E-state index in [1.807, 2.05) is 95.9 Å². The van der Waals surface area contributed by atoms with Crippen molar-refractivity contribution in [2.45, 2.75) is 63.2 Å². The zero-order valence-corrected chi connectivity index (χ0v) is 31.3. The number of aliphatic hydroxyl groups excluding tert-OH is 1. The van der Waals surface area contributed by atoms with E-state index in [9.17, 15) is 14.7 Å². The van der Waals surface area contributed by atoms with Crippen LogP contribution in [0.2, 0.25) is 18.6 Å². The lowest BCUT2D eigenvalue weighted by atomic mass is 9.82. The van der Waals surface area contributed by atoms with Crippen LogP contribution in [-0.4, -0.2) is 68.7 Å². The standard InChI is InChI=1S/C42H47N3O6Si/c1-29-40(52(3,4)34-19-17-33(50-2)18-20-34)37(26-39(48)43(23-24-46)27-30-11-6-5-7-12-30)51-42(29)35-15-8-9-16-36(35)45(41(42)49)28-31-13-10-14-32(25-31)44-22-21-38(44)47/h5-20,25,29,37,40,46H,21-24,26-28H2,1-4H3/t29-,37+,40-,42+/m0/s1. The molecule has 3 aliphatic heterocycles. The molecule has 9 nitrogen and oxygen atoms in total. The Hall–Kier alpha value is -4.77. The zero-order chi connectivity index (χ0) is 36.6. The summed E-state index contributed by atoms with van der Waals surface area (Å²) in [7, 11) is -0.824. The number of hydrogen-bond donors (Lipinski definition) is 1. The van der Waals surface area contributed by atoms with Gasteiger partial charge < -0.3 is 29.3 Å². The quantitative estimate of drug-likeness (QED) is 0.151. The number of para-hydroxylation sites is 1. The van der Waals surface area contributed by atoms with Gasteiger partial charge in [0.25, 0.3) is 5.91 Å². The summed E-state index contributed by atoms with van der Waals surface area (Å²) in [4.78, 5) is 46.9. The molecule has 0 aliphatic carbocycles. The second-order valence-corrected chi connectivity index (χ2v) is 19.4. The van der Waals surface area contributed by atoms with Crippen molar-refractivity contribution in [1.82, 2.24) is 4.90 Å². The topological polar surface area (TPSA) is 99.6 Å². The Balaban J connectivity index is 1.26. The molecule has 0 aromatic heterocycles. The highest BCUT2D eigenvalue weighted by Crippen LogP contribution is 2.60. The van der Waals surface area contributed by atoms with Gasteiger partial charge in [0, 0.05) is 43.2 Å². The predicted molar refractivity (Wildman–Crippen MR) is 204 cm³/mol. The van der Waals surface area contributed by atoms with Gasteiger partial charge in [0.1, 0.15) is 5.75 Å². The Morgan fingerprint density at radius 2 is 1.67 bits per heavy atom. The number of ether oxygens (including phenoxy) is 2. The number of carbonyl (C=O) groups is 3. The molecule has 3 aliphatic rings. The molecule has 270 valence electrons. The molecule has 7 rings (SSSR count). The third-order valence-electron chi connectivity index (χ3n) is 11.5. The van der Waals surface area contributed by atoms with Gasteiger partial charge in [-0.15, -0.1) is 0 Å². The minimum atomic E-state index is -2.48. The molecule has 0 radical (unpaired) electrons. The molecule has 4 aromatic rings. The normalized spacial score (nSPS) is 22.4. The van der Waals surface area contributed by atoms with Gasteiger partial charge in [-0.3, -0.25) is 14.4 Å². The number of amides is 3. The van der Waals surface area contributed by atoms with Crippen molar-refractivity contribution < 1.29 is 29.0 Å². The van der Waals surface area contributed by atoms with E-state index in [1.54, 1.807) is 16.9 Å². The molecule has 3 heterocycles. The molecule has 2 saturated heterocycles. The number of carbonyl (C=O) groups excluding carboxylic acids is 3. The number of anilines is 2. The van der Waals surface area contributed by atoms with E-state index in [0.29, 0.717) is 26.1 Å². The average Bonchev–Trinajstić information content (AvgIpc) is 3.57. The summed E-state index contributed by atoms with van der Waals surface area (Å²) >= 11 is 0. The van der Waals surface area contributed by atoms with Crippen LogP contribution < -0.4 is 19.7 Å². The van der Waals surface area contributed by atoms with Gasteiger partial charge in [-0.2, -0.15) is 0 Å². The number of β-lactam (4-membered cyclic amide) rings is 1. The van der Waals surface area contributed by atoms with Crippen LogP contribution in [0.15, 0.2) is 103 Å². The zero-order valence-electron chi connectivity index (χ0n) is 30.3. The summed E-state index contributed by atoms with van der Waals surface area (Å²) in [6.07, 6.45) is 0.0728. The van der Waals surface area contributed by atoms with Gasteiger partial charge >= 0.3 is 0 Å². The van der Waals surface area contributed by atoms with Crippen LogP contribution in [0.5, 0.6) is 5.75 Å². The Morgan fingerprint density at radius 1 is 0.962 bits per heavy atom. The molecular formula is C42H47N3O6Si. The Morgan fingerprint density at radius 3 is 2.35 bits per heavy atom. The molecule has 0 unspecified atom stereocenters. The third-order valence-corrected chi connectivity index (χ3v) is 15.8. The second kappa shape index (κ2) is 14.3. The first-order chi connectivity index (χ1) is 25.1. The van der Waals surface area contributed by atoms with E-state index in [0.717, 1.165) is 33.8 Å². The summed E-state index contributed by atoms with van der Waals surface area (Å²) in [5, 5.41) is 11.2. The largest absolute Gasteiger partial charge is 0.497 e. The van der Waals surface area contributed by atoms with Crippen LogP contribution >= 0.6 is 0 Å². The average molecular weight is 718 g/mol. The molecular weight excluding hydrogens is 671 g/mol. The number of fused-ring (bicyclic) bond motifs is 2. The van der Waals surface area contributed by atoms with Crippen LogP contribution in [0.25, 0.3) is 0 Å². The number of benzene rings is 4. The molecule has 3 amide bonds. The van der Waals surface area contributed by atoms with Gasteiger partial charge in [-0.05, 0) is 47.0 Å². The van der Waals surface area contributed by atoms with Gasteiger partial charge in [-0.25, -0.2) is 0 Å². The predicted octanol–water partition coefficient (Wildman–Crippen LogP) is 5.61. The smallest absolute Gasteiger partial charge is 0.264 e. The fraction of sp³-hybridized carbons (Fsp3) is 0.357. The molecule has 10 heteroatoms. The van der Waals surface area contributed by atoms with Crippen molar-refractivity contribution in [3.63, 3.8) is 0 Å². The minimum Gasteiger partial charge on any atom is -0.497 e. The Labute approximate surface area is 306 Å².